The number of carboxylic acids is 1. The Kier molecular flexibility index (Phi) is 4.42. The number of carboxylic acid groups (broad SMARTS) is 1. The number of nitrogens with zero attached hydrogens (tertiary/aromatic N) is 1. The summed E-state index contributed by atoms with van der Waals surface area (Å²) in [4.78, 5) is 23.2. The van der Waals surface area contributed by atoms with Crippen LogP contribution in [0.2, 0.25) is 0 Å². The average molecular weight is 308 g/mol. The van der Waals surface area contributed by atoms with Gasteiger partial charge in [-0.2, -0.15) is 0 Å². The van der Waals surface area contributed by atoms with Crippen molar-refractivity contribution in [2.24, 2.45) is 0 Å². The van der Waals surface area contributed by atoms with Gasteiger partial charge in [0.1, 0.15) is 10.6 Å². The molecular formula is C14H16N2O4S. The minimum atomic E-state index is -1.03. The van der Waals surface area contributed by atoms with Crippen LogP contribution in [-0.2, 0) is 11.2 Å². The molecule has 0 aliphatic carbocycles. The highest BCUT2D eigenvalue weighted by Crippen LogP contribution is 2.27. The van der Waals surface area contributed by atoms with Gasteiger partial charge in [0, 0.05) is 12.0 Å². The minimum absolute atomic E-state index is 0.151. The van der Waals surface area contributed by atoms with Gasteiger partial charge in [0.15, 0.2) is 0 Å². The third-order valence-corrected chi connectivity index (χ3v) is 4.30. The molecule has 0 saturated carbocycles. The number of aryl methyl sites for hydroxylation is 3. The van der Waals surface area contributed by atoms with Crippen LogP contribution in [0.1, 0.15) is 38.7 Å². The summed E-state index contributed by atoms with van der Waals surface area (Å²) in [7, 11) is 0. The fraction of sp³-hybridized carbons (Fsp3) is 0.357. The van der Waals surface area contributed by atoms with Crippen LogP contribution in [0.5, 0.6) is 0 Å². The lowest BCUT2D eigenvalue weighted by atomic mass is 10.1. The zero-order valence-electron chi connectivity index (χ0n) is 12.0. The van der Waals surface area contributed by atoms with Crippen molar-refractivity contribution in [1.82, 2.24) is 5.16 Å². The third kappa shape index (κ3) is 3.30. The zero-order valence-corrected chi connectivity index (χ0v) is 12.8. The van der Waals surface area contributed by atoms with Crippen molar-refractivity contribution in [3.05, 3.63) is 32.8 Å². The molecule has 0 spiro atoms. The maximum atomic E-state index is 12.0. The molecule has 0 fully saturated rings. The van der Waals surface area contributed by atoms with E-state index in [0.29, 0.717) is 17.9 Å². The number of amides is 1. The largest absolute Gasteiger partial charge is 0.477 e. The van der Waals surface area contributed by atoms with E-state index in [1.165, 1.54) is 0 Å². The number of nitrogens with one attached hydrogen (secondary N) is 1. The summed E-state index contributed by atoms with van der Waals surface area (Å²) in [5.41, 5.74) is 2.84. The van der Waals surface area contributed by atoms with Gasteiger partial charge in [-0.3, -0.25) is 4.79 Å². The number of carbonyl (C=O) groups is 2. The summed E-state index contributed by atoms with van der Waals surface area (Å²) in [5, 5.41) is 17.3. The summed E-state index contributed by atoms with van der Waals surface area (Å²) in [6, 6.07) is 0. The van der Waals surface area contributed by atoms with Crippen molar-refractivity contribution in [2.75, 3.05) is 5.32 Å². The Hall–Kier alpha value is -2.15. The van der Waals surface area contributed by atoms with Gasteiger partial charge in [-0.15, -0.1) is 11.3 Å². The lowest BCUT2D eigenvalue weighted by molar-refractivity contribution is -0.116. The van der Waals surface area contributed by atoms with Crippen molar-refractivity contribution in [3.8, 4) is 0 Å². The van der Waals surface area contributed by atoms with Gasteiger partial charge < -0.3 is 14.9 Å². The molecule has 2 N–H and O–H groups in total. The Bertz CT molecular complexity index is 668. The summed E-state index contributed by atoms with van der Waals surface area (Å²) in [5.74, 6) is -0.550. The van der Waals surface area contributed by atoms with E-state index in [1.54, 1.807) is 19.2 Å². The number of thiophene rings is 1. The first-order valence-electron chi connectivity index (χ1n) is 6.43. The molecule has 0 saturated heterocycles. The molecule has 2 aromatic heterocycles. The number of anilines is 1. The van der Waals surface area contributed by atoms with Crippen LogP contribution in [0.25, 0.3) is 0 Å². The van der Waals surface area contributed by atoms with Crippen molar-refractivity contribution < 1.29 is 19.2 Å². The number of hydrogen-bond acceptors (Lipinski definition) is 5. The predicted octanol–water partition coefficient (Wildman–Crippen LogP) is 2.93. The van der Waals surface area contributed by atoms with E-state index < -0.39 is 5.97 Å². The van der Waals surface area contributed by atoms with E-state index in [1.807, 2.05) is 6.92 Å². The molecule has 0 aromatic carbocycles. The monoisotopic (exact) mass is 308 g/mol. The molecule has 0 unspecified atom stereocenters. The molecule has 112 valence electrons. The quantitative estimate of drug-likeness (QED) is 0.886. The van der Waals surface area contributed by atoms with Gasteiger partial charge in [0.2, 0.25) is 5.91 Å². The lowest BCUT2D eigenvalue weighted by Crippen LogP contribution is -2.15. The SMILES string of the molecule is Cc1csc(C(=O)O)c1NC(=O)CCc1c(C)noc1C. The first-order valence-corrected chi connectivity index (χ1v) is 7.31. The molecule has 21 heavy (non-hydrogen) atoms. The predicted molar refractivity (Wildman–Crippen MR) is 78.9 cm³/mol. The van der Waals surface area contributed by atoms with Crippen molar-refractivity contribution in [1.29, 1.82) is 0 Å². The molecule has 7 heteroatoms. The van der Waals surface area contributed by atoms with Gasteiger partial charge in [0.05, 0.1) is 11.4 Å². The molecule has 0 aliphatic rings. The van der Waals surface area contributed by atoms with E-state index in [2.05, 4.69) is 10.5 Å². The number of rotatable bonds is 5. The summed E-state index contributed by atoms with van der Waals surface area (Å²) in [6.07, 6.45) is 0.760. The van der Waals surface area contributed by atoms with Crippen LogP contribution >= 0.6 is 11.3 Å². The molecule has 0 radical (unpaired) electrons. The first kappa shape index (κ1) is 15.2. The maximum Gasteiger partial charge on any atom is 0.348 e. The molecule has 2 aromatic rings. The molecular weight excluding hydrogens is 292 g/mol. The number of aromatic carboxylic acids is 1. The smallest absolute Gasteiger partial charge is 0.348 e. The molecule has 2 heterocycles. The highest BCUT2D eigenvalue weighted by Gasteiger charge is 2.18. The highest BCUT2D eigenvalue weighted by atomic mass is 32.1. The standard InChI is InChI=1S/C14H16N2O4S/c1-7-6-21-13(14(18)19)12(7)15-11(17)5-4-10-8(2)16-20-9(10)3/h6H,4-5H2,1-3H3,(H,15,17)(H,18,19). The fourth-order valence-electron chi connectivity index (χ4n) is 2.06. The second kappa shape index (κ2) is 6.09. The molecule has 1 amide bonds. The Morgan fingerprint density at radius 1 is 1.38 bits per heavy atom. The number of carbonyl (C=O) groups excluding carboxylic acids is 1. The van der Waals surface area contributed by atoms with Crippen molar-refractivity contribution >= 4 is 28.9 Å². The topological polar surface area (TPSA) is 92.4 Å². The molecule has 2 rings (SSSR count). The van der Waals surface area contributed by atoms with Gasteiger partial charge in [-0.25, -0.2) is 4.79 Å². The van der Waals surface area contributed by atoms with E-state index in [-0.39, 0.29) is 17.2 Å². The zero-order chi connectivity index (χ0) is 15.6. The van der Waals surface area contributed by atoms with Crippen LogP contribution in [-0.4, -0.2) is 22.1 Å². The number of hydrogen-bond donors (Lipinski definition) is 2. The Labute approximate surface area is 125 Å². The van der Waals surface area contributed by atoms with Crippen LogP contribution in [0.15, 0.2) is 9.90 Å². The van der Waals surface area contributed by atoms with Gasteiger partial charge in [-0.1, -0.05) is 5.16 Å². The molecule has 0 atom stereocenters. The molecule has 6 nitrogen and oxygen atoms in total. The maximum absolute atomic E-state index is 12.0. The fourth-order valence-corrected chi connectivity index (χ4v) is 2.90. The number of aromatic nitrogens is 1. The second-order valence-corrected chi connectivity index (χ2v) is 5.66. The highest BCUT2D eigenvalue weighted by molar-refractivity contribution is 7.12. The molecule has 0 bridgehead atoms. The van der Waals surface area contributed by atoms with E-state index in [4.69, 9.17) is 9.63 Å². The van der Waals surface area contributed by atoms with Crippen molar-refractivity contribution in [2.45, 2.75) is 33.6 Å². The Balaban J connectivity index is 2.03. The van der Waals surface area contributed by atoms with Crippen molar-refractivity contribution in [3.63, 3.8) is 0 Å². The van der Waals surface area contributed by atoms with E-state index >= 15 is 0 Å². The van der Waals surface area contributed by atoms with Crippen LogP contribution < -0.4 is 5.32 Å². The van der Waals surface area contributed by atoms with Gasteiger partial charge in [0.25, 0.3) is 0 Å². The van der Waals surface area contributed by atoms with Crippen LogP contribution in [0.4, 0.5) is 5.69 Å². The van der Waals surface area contributed by atoms with E-state index in [9.17, 15) is 9.59 Å². The summed E-state index contributed by atoms with van der Waals surface area (Å²) in [6.45, 7) is 5.40. The van der Waals surface area contributed by atoms with Crippen LogP contribution in [0, 0.1) is 20.8 Å². The Morgan fingerprint density at radius 2 is 2.10 bits per heavy atom. The van der Waals surface area contributed by atoms with Crippen LogP contribution in [0.3, 0.4) is 0 Å². The average Bonchev–Trinajstić information content (AvgIpc) is 2.92. The van der Waals surface area contributed by atoms with E-state index in [0.717, 1.165) is 28.2 Å². The summed E-state index contributed by atoms with van der Waals surface area (Å²) < 4.78 is 5.05. The summed E-state index contributed by atoms with van der Waals surface area (Å²) >= 11 is 1.11. The van der Waals surface area contributed by atoms with Gasteiger partial charge >= 0.3 is 5.97 Å². The second-order valence-electron chi connectivity index (χ2n) is 4.78. The molecule has 0 aliphatic heterocycles. The minimum Gasteiger partial charge on any atom is -0.477 e. The van der Waals surface area contributed by atoms with Gasteiger partial charge in [-0.05, 0) is 38.1 Å². The Morgan fingerprint density at radius 3 is 2.67 bits per heavy atom. The lowest BCUT2D eigenvalue weighted by Gasteiger charge is -2.06. The first-order chi connectivity index (χ1) is 9.90. The normalized spacial score (nSPS) is 10.6. The third-order valence-electron chi connectivity index (χ3n) is 3.22.